The fourth-order valence-electron chi connectivity index (χ4n) is 7.29. The number of hydrogen-bond donors (Lipinski definition) is 1. The minimum atomic E-state index is -0.374. The third-order valence-corrected chi connectivity index (χ3v) is 8.62. The fraction of sp³-hybridized carbons (Fsp3) is 0.696. The van der Waals surface area contributed by atoms with E-state index < -0.39 is 0 Å². The molecule has 0 radical (unpaired) electrons. The van der Waals surface area contributed by atoms with Gasteiger partial charge in [0.05, 0.1) is 0 Å². The van der Waals surface area contributed by atoms with Gasteiger partial charge in [-0.1, -0.05) is 25.8 Å². The second kappa shape index (κ2) is 6.37. The topological polar surface area (TPSA) is 49.8 Å². The molecule has 3 fully saturated rings. The summed E-state index contributed by atoms with van der Waals surface area (Å²) in [4.78, 5) is 15.9. The number of carbonyl (C=O) groups is 1. The molecule has 4 nitrogen and oxygen atoms in total. The zero-order chi connectivity index (χ0) is 18.3. The summed E-state index contributed by atoms with van der Waals surface area (Å²) in [6, 6.07) is 4.39. The predicted octanol–water partition coefficient (Wildman–Crippen LogP) is 3.86. The van der Waals surface area contributed by atoms with Crippen LogP contribution >= 0.6 is 12.4 Å². The highest BCUT2D eigenvalue weighted by atomic mass is 35.5. The van der Waals surface area contributed by atoms with E-state index in [0.717, 1.165) is 31.7 Å². The van der Waals surface area contributed by atoms with Gasteiger partial charge in [-0.15, -0.1) is 12.4 Å². The lowest BCUT2D eigenvalue weighted by molar-refractivity contribution is -0.145. The number of benzene rings is 1. The molecule has 6 rings (SSSR count). The zero-order valence-corrected chi connectivity index (χ0v) is 17.3. The Hall–Kier alpha value is -1.26. The largest absolute Gasteiger partial charge is 0.504 e. The van der Waals surface area contributed by atoms with Crippen molar-refractivity contribution in [3.8, 4) is 11.5 Å². The lowest BCUT2D eigenvalue weighted by Crippen LogP contribution is -2.68. The summed E-state index contributed by atoms with van der Waals surface area (Å²) in [5, 5.41) is 10.5. The number of ether oxygens (including phenoxy) is 1. The van der Waals surface area contributed by atoms with Crippen molar-refractivity contribution in [2.45, 2.75) is 69.4 Å². The van der Waals surface area contributed by atoms with E-state index in [4.69, 9.17) is 4.74 Å². The van der Waals surface area contributed by atoms with Crippen molar-refractivity contribution >= 4 is 18.2 Å². The van der Waals surface area contributed by atoms with Crippen molar-refractivity contribution in [1.29, 1.82) is 0 Å². The van der Waals surface area contributed by atoms with E-state index in [1.54, 1.807) is 6.07 Å². The first-order chi connectivity index (χ1) is 13.1. The third-order valence-electron chi connectivity index (χ3n) is 8.62. The first-order valence-corrected chi connectivity index (χ1v) is 10.9. The van der Waals surface area contributed by atoms with Crippen LogP contribution < -0.4 is 4.74 Å². The van der Waals surface area contributed by atoms with Gasteiger partial charge < -0.3 is 9.84 Å². The molecule has 5 aliphatic rings. The lowest BCUT2D eigenvalue weighted by atomic mass is 9.48. The summed E-state index contributed by atoms with van der Waals surface area (Å²) >= 11 is 0. The third kappa shape index (κ3) is 2.19. The average molecular weight is 404 g/mol. The number of likely N-dealkylation sites (tertiary alicyclic amines) is 1. The maximum Gasteiger partial charge on any atom is 0.174 e. The molecule has 1 aromatic carbocycles. The van der Waals surface area contributed by atoms with Crippen LogP contribution in [0.15, 0.2) is 12.1 Å². The van der Waals surface area contributed by atoms with Crippen molar-refractivity contribution in [2.75, 3.05) is 13.1 Å². The van der Waals surface area contributed by atoms with Crippen LogP contribution in [0.5, 0.6) is 11.5 Å². The summed E-state index contributed by atoms with van der Waals surface area (Å²) in [5.74, 6) is 2.89. The standard InChI is InChI=1S/C23H29NO3.ClH/c1-2-14-11-18(26)22-23-8-9-24(12-13-4-3-5-13)16(19(14)23)10-15-6-7-17(25)21(27-22)20(15)23;/h6-7,13-14,16,19,22,25H,2-5,8-12H2,1H3;1H/t14-,16+,19-,22-,23-;/m0./s1. The molecular weight excluding hydrogens is 374 g/mol. The number of hydrogen-bond acceptors (Lipinski definition) is 4. The molecule has 1 saturated heterocycles. The number of ketones is 1. The molecule has 2 saturated carbocycles. The maximum atomic E-state index is 13.1. The van der Waals surface area contributed by atoms with Gasteiger partial charge in [0.25, 0.3) is 0 Å². The van der Waals surface area contributed by atoms with Crippen LogP contribution in [0.3, 0.4) is 0 Å². The van der Waals surface area contributed by atoms with Gasteiger partial charge in [0.15, 0.2) is 23.4 Å². The van der Waals surface area contributed by atoms with E-state index in [0.29, 0.717) is 30.0 Å². The summed E-state index contributed by atoms with van der Waals surface area (Å²) in [7, 11) is 0. The molecular formula is C23H30ClNO3. The van der Waals surface area contributed by atoms with E-state index in [-0.39, 0.29) is 35.5 Å². The molecule has 2 heterocycles. The van der Waals surface area contributed by atoms with Crippen LogP contribution in [0.2, 0.25) is 0 Å². The number of halogens is 1. The molecule has 2 bridgehead atoms. The van der Waals surface area contributed by atoms with Gasteiger partial charge in [-0.3, -0.25) is 9.69 Å². The molecule has 0 unspecified atom stereocenters. The Balaban J connectivity index is 0.00000171. The van der Waals surface area contributed by atoms with Crippen molar-refractivity contribution in [1.82, 2.24) is 4.90 Å². The molecule has 2 aliphatic heterocycles. The van der Waals surface area contributed by atoms with Crippen molar-refractivity contribution in [3.63, 3.8) is 0 Å². The summed E-state index contributed by atoms with van der Waals surface area (Å²) < 4.78 is 6.25. The second-order valence-electron chi connectivity index (χ2n) is 9.66. The summed E-state index contributed by atoms with van der Waals surface area (Å²) in [6.45, 7) is 4.54. The van der Waals surface area contributed by atoms with Crippen molar-refractivity contribution in [2.24, 2.45) is 17.8 Å². The van der Waals surface area contributed by atoms with Crippen LogP contribution in [-0.4, -0.2) is 41.0 Å². The van der Waals surface area contributed by atoms with Crippen LogP contribution in [0, 0.1) is 17.8 Å². The smallest absolute Gasteiger partial charge is 0.174 e. The number of piperidine rings is 1. The van der Waals surface area contributed by atoms with E-state index in [1.807, 2.05) is 0 Å². The quantitative estimate of drug-likeness (QED) is 0.832. The first kappa shape index (κ1) is 18.7. The molecule has 28 heavy (non-hydrogen) atoms. The van der Waals surface area contributed by atoms with Gasteiger partial charge in [-0.25, -0.2) is 0 Å². The Morgan fingerprint density at radius 2 is 2.11 bits per heavy atom. The Labute approximate surface area is 173 Å². The van der Waals surface area contributed by atoms with Gasteiger partial charge in [0, 0.05) is 30.0 Å². The normalized spacial score (nSPS) is 38.2. The predicted molar refractivity (Wildman–Crippen MR) is 109 cm³/mol. The number of carbonyl (C=O) groups excluding carboxylic acids is 1. The Morgan fingerprint density at radius 1 is 1.29 bits per heavy atom. The first-order valence-electron chi connectivity index (χ1n) is 10.9. The average Bonchev–Trinajstić information content (AvgIpc) is 2.98. The van der Waals surface area contributed by atoms with Crippen molar-refractivity contribution in [3.05, 3.63) is 23.3 Å². The number of nitrogens with zero attached hydrogens (tertiary/aromatic N) is 1. The number of rotatable bonds is 3. The SMILES string of the molecule is CC[C@H]1CC(=O)[C@@H]2Oc3c(O)ccc4c3[C@@]23CCN(CC2CCC2)[C@H](C4)[C@H]13.Cl. The number of Topliss-reactive ketones (excluding diaryl/α,β-unsaturated/α-hetero) is 1. The molecule has 152 valence electrons. The van der Waals surface area contributed by atoms with Crippen LogP contribution in [0.25, 0.3) is 0 Å². The summed E-state index contributed by atoms with van der Waals surface area (Å²) in [5.41, 5.74) is 2.32. The zero-order valence-electron chi connectivity index (χ0n) is 16.5. The van der Waals surface area contributed by atoms with E-state index in [9.17, 15) is 9.90 Å². The minimum Gasteiger partial charge on any atom is -0.504 e. The van der Waals surface area contributed by atoms with Crippen LogP contribution in [-0.2, 0) is 16.6 Å². The van der Waals surface area contributed by atoms with Gasteiger partial charge in [-0.2, -0.15) is 0 Å². The lowest BCUT2D eigenvalue weighted by Gasteiger charge is -2.60. The van der Waals surface area contributed by atoms with Crippen LogP contribution in [0.4, 0.5) is 0 Å². The minimum absolute atomic E-state index is 0. The fourth-order valence-corrected chi connectivity index (χ4v) is 7.29. The highest BCUT2D eigenvalue weighted by Crippen LogP contribution is 2.64. The molecule has 1 aromatic rings. The van der Waals surface area contributed by atoms with Gasteiger partial charge in [-0.05, 0) is 61.6 Å². The van der Waals surface area contributed by atoms with Crippen molar-refractivity contribution < 1.29 is 14.6 Å². The van der Waals surface area contributed by atoms with E-state index in [1.165, 1.54) is 36.9 Å². The Morgan fingerprint density at radius 3 is 2.82 bits per heavy atom. The molecule has 5 atom stereocenters. The van der Waals surface area contributed by atoms with E-state index in [2.05, 4.69) is 17.9 Å². The number of aromatic hydroxyl groups is 1. The number of phenols is 1. The monoisotopic (exact) mass is 403 g/mol. The van der Waals surface area contributed by atoms with E-state index >= 15 is 0 Å². The molecule has 1 spiro atoms. The van der Waals surface area contributed by atoms with Gasteiger partial charge in [0.2, 0.25) is 0 Å². The highest BCUT2D eigenvalue weighted by Gasteiger charge is 2.67. The maximum absolute atomic E-state index is 13.1. The van der Waals surface area contributed by atoms with Crippen LogP contribution in [0.1, 0.15) is 56.6 Å². The van der Waals surface area contributed by atoms with Gasteiger partial charge in [0.1, 0.15) is 0 Å². The number of phenolic OH excluding ortho intramolecular Hbond substituents is 1. The van der Waals surface area contributed by atoms with Gasteiger partial charge >= 0.3 is 0 Å². The molecule has 3 aliphatic carbocycles. The highest BCUT2D eigenvalue weighted by molar-refractivity contribution is 5.89. The molecule has 5 heteroatoms. The summed E-state index contributed by atoms with van der Waals surface area (Å²) in [6.07, 6.45) is 7.53. The second-order valence-corrected chi connectivity index (χ2v) is 9.66. The Kier molecular flexibility index (Phi) is 4.26. The molecule has 0 amide bonds. The molecule has 0 aromatic heterocycles. The molecule has 1 N–H and O–H groups in total. The Bertz CT molecular complexity index is 822.